The van der Waals surface area contributed by atoms with Crippen LogP contribution in [-0.2, 0) is 11.0 Å². The number of nitrogens with zero attached hydrogens (tertiary/aromatic N) is 8. The second-order valence-electron chi connectivity index (χ2n) is 9.62. The highest BCUT2D eigenvalue weighted by molar-refractivity contribution is 6.31. The van der Waals surface area contributed by atoms with Gasteiger partial charge in [0.25, 0.3) is 6.33 Å². The third kappa shape index (κ3) is 5.32. The van der Waals surface area contributed by atoms with Crippen molar-refractivity contribution in [2.24, 2.45) is 0 Å². The molecule has 10 nitrogen and oxygen atoms in total. The van der Waals surface area contributed by atoms with Crippen molar-refractivity contribution in [3.63, 3.8) is 0 Å². The van der Waals surface area contributed by atoms with Crippen LogP contribution in [0, 0.1) is 5.82 Å². The Kier molecular flexibility index (Phi) is 7.14. The second kappa shape index (κ2) is 10.9. The molecular weight excluding hydrogens is 578 g/mol. The largest absolute Gasteiger partial charge is 0.433 e. The van der Waals surface area contributed by atoms with Crippen LogP contribution in [-0.4, -0.2) is 59.2 Å². The number of carbonyl (C=O) groups excluding carboxylic acids is 1. The summed E-state index contributed by atoms with van der Waals surface area (Å²) in [6.07, 6.45) is 3.57. The first kappa shape index (κ1) is 27.4. The number of halogens is 5. The molecule has 1 aliphatic rings. The summed E-state index contributed by atoms with van der Waals surface area (Å²) in [5.74, 6) is -0.666. The lowest BCUT2D eigenvalue weighted by atomic mass is 10.0. The van der Waals surface area contributed by atoms with E-state index in [1.165, 1.54) is 35.5 Å². The van der Waals surface area contributed by atoms with Crippen molar-refractivity contribution in [1.29, 1.82) is 0 Å². The van der Waals surface area contributed by atoms with Gasteiger partial charge in [-0.3, -0.25) is 19.4 Å². The lowest BCUT2D eigenvalue weighted by Crippen LogP contribution is -2.33. The lowest BCUT2D eigenvalue weighted by molar-refractivity contribution is -0.659. The molecule has 1 amide bonds. The summed E-state index contributed by atoms with van der Waals surface area (Å²) in [7, 11) is 0. The molecule has 1 aliphatic heterocycles. The maximum atomic E-state index is 15.3. The van der Waals surface area contributed by atoms with Crippen molar-refractivity contribution in [2.45, 2.75) is 25.1 Å². The Hall–Kier alpha value is -4.72. The van der Waals surface area contributed by atoms with E-state index < -0.39 is 23.7 Å². The van der Waals surface area contributed by atoms with E-state index in [0.29, 0.717) is 35.5 Å². The number of nitrogens with one attached hydrogen (secondary N) is 1. The van der Waals surface area contributed by atoms with E-state index >= 15 is 4.39 Å². The molecule has 1 atom stereocenters. The summed E-state index contributed by atoms with van der Waals surface area (Å²) in [5.41, 5.74) is 1.22. The normalized spacial score (nSPS) is 14.5. The van der Waals surface area contributed by atoms with Crippen LogP contribution in [0.3, 0.4) is 0 Å². The van der Waals surface area contributed by atoms with Crippen LogP contribution in [0.2, 0.25) is 5.02 Å². The van der Waals surface area contributed by atoms with E-state index in [-0.39, 0.29) is 28.6 Å². The van der Waals surface area contributed by atoms with E-state index in [1.54, 1.807) is 34.0 Å². The highest BCUT2D eigenvalue weighted by Gasteiger charge is 2.33. The molecule has 1 saturated heterocycles. The van der Waals surface area contributed by atoms with Crippen LogP contribution in [0.25, 0.3) is 27.9 Å². The molecular formula is C27H21ClF4N9O+. The molecule has 0 radical (unpaired) electrons. The van der Waals surface area contributed by atoms with Gasteiger partial charge in [0, 0.05) is 49.2 Å². The third-order valence-electron chi connectivity index (χ3n) is 7.00. The topological polar surface area (TPSA) is 109 Å². The average Bonchev–Trinajstić information content (AvgIpc) is 3.76. The van der Waals surface area contributed by atoms with Gasteiger partial charge in [-0.1, -0.05) is 22.9 Å². The van der Waals surface area contributed by atoms with Crippen LogP contribution < -0.4 is 4.68 Å². The summed E-state index contributed by atoms with van der Waals surface area (Å²) in [6.45, 7) is 0.802. The monoisotopic (exact) mass is 598 g/mol. The smallest absolute Gasteiger partial charge is 0.340 e. The van der Waals surface area contributed by atoms with Gasteiger partial charge in [0.15, 0.2) is 11.0 Å². The number of aromatic amines is 1. The fourth-order valence-electron chi connectivity index (χ4n) is 4.90. The van der Waals surface area contributed by atoms with Crippen molar-refractivity contribution in [2.75, 3.05) is 13.1 Å². The first-order valence-corrected chi connectivity index (χ1v) is 13.1. The second-order valence-corrected chi connectivity index (χ2v) is 10.0. The fraction of sp³-hybridized carbons (Fsp3) is 0.222. The zero-order valence-corrected chi connectivity index (χ0v) is 22.4. The molecule has 0 unspecified atom stereocenters. The van der Waals surface area contributed by atoms with E-state index in [0.717, 1.165) is 18.7 Å². The molecule has 214 valence electrons. The Morgan fingerprint density at radius 1 is 1.07 bits per heavy atom. The number of pyridine rings is 2. The Balaban J connectivity index is 1.37. The summed E-state index contributed by atoms with van der Waals surface area (Å²) in [4.78, 5) is 22.2. The molecule has 1 fully saturated rings. The maximum Gasteiger partial charge on any atom is 0.433 e. The van der Waals surface area contributed by atoms with Gasteiger partial charge in [-0.2, -0.15) is 18.3 Å². The Morgan fingerprint density at radius 2 is 1.93 bits per heavy atom. The number of carbonyl (C=O) groups is 1. The van der Waals surface area contributed by atoms with Crippen LogP contribution in [0.5, 0.6) is 0 Å². The highest BCUT2D eigenvalue weighted by Crippen LogP contribution is 2.33. The number of likely N-dealkylation sites (tertiary alicyclic amines) is 1. The SMILES string of the molecule is O=C1CCCN1C[C@@H](c1ccc(-c2c(-[n+]3cnn[nH]3)ccc(Cl)c2F)cn1)n1cc(-c2ccnc(C(F)(F)F)c2)cn1. The van der Waals surface area contributed by atoms with Gasteiger partial charge in [-0.05, 0) is 42.3 Å². The van der Waals surface area contributed by atoms with Gasteiger partial charge in [0.05, 0.1) is 22.5 Å². The van der Waals surface area contributed by atoms with Gasteiger partial charge < -0.3 is 4.90 Å². The van der Waals surface area contributed by atoms with Crippen LogP contribution in [0.4, 0.5) is 17.6 Å². The van der Waals surface area contributed by atoms with Gasteiger partial charge in [0.1, 0.15) is 22.5 Å². The number of H-pyrrole nitrogens is 1. The molecule has 15 heteroatoms. The molecule has 5 aromatic rings. The average molecular weight is 599 g/mol. The minimum Gasteiger partial charge on any atom is -0.340 e. The number of aromatic nitrogens is 8. The van der Waals surface area contributed by atoms with Gasteiger partial charge in [0.2, 0.25) is 5.91 Å². The fourth-order valence-corrected chi connectivity index (χ4v) is 5.06. The third-order valence-corrected chi connectivity index (χ3v) is 7.29. The minimum atomic E-state index is -4.59. The number of rotatable bonds is 7. The van der Waals surface area contributed by atoms with Crippen molar-refractivity contribution >= 4 is 17.5 Å². The van der Waals surface area contributed by atoms with Crippen molar-refractivity contribution in [1.82, 2.24) is 40.2 Å². The molecule has 1 aromatic carbocycles. The Labute approximate surface area is 240 Å². The van der Waals surface area contributed by atoms with E-state index in [4.69, 9.17) is 11.6 Å². The maximum absolute atomic E-state index is 15.3. The summed E-state index contributed by atoms with van der Waals surface area (Å²) in [6, 6.07) is 8.25. The summed E-state index contributed by atoms with van der Waals surface area (Å²) in [5, 5.41) is 14.4. The Bertz CT molecular complexity index is 1740. The number of alkyl halides is 3. The van der Waals surface area contributed by atoms with Crippen LogP contribution in [0.1, 0.15) is 30.3 Å². The first-order valence-electron chi connectivity index (χ1n) is 12.8. The quantitative estimate of drug-likeness (QED) is 0.219. The van der Waals surface area contributed by atoms with Crippen molar-refractivity contribution < 1.29 is 27.0 Å². The summed E-state index contributed by atoms with van der Waals surface area (Å²) >= 11 is 6.09. The van der Waals surface area contributed by atoms with Crippen LogP contribution in [0.15, 0.2) is 67.5 Å². The van der Waals surface area contributed by atoms with E-state index in [9.17, 15) is 18.0 Å². The predicted molar refractivity (Wildman–Crippen MR) is 141 cm³/mol. The first-order chi connectivity index (χ1) is 20.2. The lowest BCUT2D eigenvalue weighted by Gasteiger charge is -2.24. The number of tetrazole rings is 1. The summed E-state index contributed by atoms with van der Waals surface area (Å²) < 4.78 is 58.0. The van der Waals surface area contributed by atoms with E-state index in [1.807, 2.05) is 0 Å². The molecule has 0 spiro atoms. The number of benzene rings is 1. The molecule has 1 N–H and O–H groups in total. The molecule has 5 heterocycles. The molecule has 0 saturated carbocycles. The van der Waals surface area contributed by atoms with E-state index in [2.05, 4.69) is 30.6 Å². The number of hydrogen-bond donors (Lipinski definition) is 1. The molecule has 0 bridgehead atoms. The van der Waals surface area contributed by atoms with Gasteiger partial charge >= 0.3 is 6.18 Å². The van der Waals surface area contributed by atoms with Gasteiger partial charge in [-0.15, -0.1) is 4.68 Å². The predicted octanol–water partition coefficient (Wildman–Crippen LogP) is 4.43. The number of hydrogen-bond acceptors (Lipinski definition) is 6. The van der Waals surface area contributed by atoms with Crippen molar-refractivity contribution in [3.8, 4) is 27.9 Å². The van der Waals surface area contributed by atoms with Gasteiger partial charge in [-0.25, -0.2) is 4.39 Å². The Morgan fingerprint density at radius 3 is 2.62 bits per heavy atom. The zero-order valence-electron chi connectivity index (χ0n) is 21.6. The van der Waals surface area contributed by atoms with Crippen molar-refractivity contribution in [3.05, 3.63) is 89.7 Å². The minimum absolute atomic E-state index is 0.0104. The highest BCUT2D eigenvalue weighted by atomic mass is 35.5. The van der Waals surface area contributed by atoms with Crippen LogP contribution >= 0.6 is 11.6 Å². The molecule has 0 aliphatic carbocycles. The molecule has 4 aromatic heterocycles. The zero-order chi connectivity index (χ0) is 29.4. The standard InChI is InChI=1S/C27H20ClF4N9O/c28-19-4-6-21(41-15-35-37-38-41)25(26(19)29)17-3-5-20(34-11-17)22(14-39-9-1-2-24(39)42)40-13-18(12-36-40)16-7-8-33-23(10-16)27(30,31)32/h3-8,10-13,15,22H,1-2,9,14H2/p+1/t22-/m0/s1. The number of amides is 1. The molecule has 42 heavy (non-hydrogen) atoms. The molecule has 6 rings (SSSR count).